The van der Waals surface area contributed by atoms with E-state index in [1.165, 1.54) is 0 Å². The molecule has 0 unspecified atom stereocenters. The quantitative estimate of drug-likeness (QED) is 0.872. The highest BCUT2D eigenvalue weighted by Gasteiger charge is 2.27. The summed E-state index contributed by atoms with van der Waals surface area (Å²) in [6, 6.07) is 5.76. The van der Waals surface area contributed by atoms with Gasteiger partial charge < -0.3 is 9.64 Å². The van der Waals surface area contributed by atoms with Gasteiger partial charge in [-0.1, -0.05) is 13.0 Å². The van der Waals surface area contributed by atoms with Gasteiger partial charge in [-0.25, -0.2) is 4.98 Å². The summed E-state index contributed by atoms with van der Waals surface area (Å²) in [5.41, 5.74) is 0.939. The molecule has 1 atom stereocenters. The summed E-state index contributed by atoms with van der Waals surface area (Å²) in [5.74, 6) is 1.63. The fourth-order valence-corrected chi connectivity index (χ4v) is 2.77. The second kappa shape index (κ2) is 8.01. The number of amides is 1. The number of pyridine rings is 1. The van der Waals surface area contributed by atoms with Crippen molar-refractivity contribution in [2.75, 3.05) is 19.7 Å². The van der Waals surface area contributed by atoms with Gasteiger partial charge in [0.1, 0.15) is 11.9 Å². The SMILES string of the molecule is CCCc1nc([C@@H]2CN(C(=O)CCc3ccccn3)CCO2)n[nH]1. The topological polar surface area (TPSA) is 84.0 Å². The first-order valence-electron chi connectivity index (χ1n) is 8.46. The van der Waals surface area contributed by atoms with Crippen molar-refractivity contribution in [3.8, 4) is 0 Å². The van der Waals surface area contributed by atoms with Crippen molar-refractivity contribution >= 4 is 5.91 Å². The molecule has 1 saturated heterocycles. The monoisotopic (exact) mass is 329 g/mol. The van der Waals surface area contributed by atoms with Gasteiger partial charge in [-0.3, -0.25) is 14.9 Å². The molecule has 1 aliphatic heterocycles. The zero-order valence-electron chi connectivity index (χ0n) is 13.9. The van der Waals surface area contributed by atoms with Gasteiger partial charge in [-0.05, 0) is 25.0 Å². The molecular weight excluding hydrogens is 306 g/mol. The average Bonchev–Trinajstić information content (AvgIpc) is 3.10. The van der Waals surface area contributed by atoms with Crippen LogP contribution in [0.25, 0.3) is 0 Å². The first kappa shape index (κ1) is 16.6. The lowest BCUT2D eigenvalue weighted by Crippen LogP contribution is -2.42. The normalized spacial score (nSPS) is 17.9. The molecular formula is C17H23N5O2. The summed E-state index contributed by atoms with van der Waals surface area (Å²) < 4.78 is 5.75. The van der Waals surface area contributed by atoms with Crippen LogP contribution in [0.1, 0.15) is 43.2 Å². The molecule has 1 N–H and O–H groups in total. The fourth-order valence-electron chi connectivity index (χ4n) is 2.77. The number of nitrogens with zero attached hydrogens (tertiary/aromatic N) is 4. The molecule has 0 aliphatic carbocycles. The summed E-state index contributed by atoms with van der Waals surface area (Å²) in [5, 5.41) is 7.18. The molecule has 1 aliphatic rings. The van der Waals surface area contributed by atoms with Gasteiger partial charge >= 0.3 is 0 Å². The highest BCUT2D eigenvalue weighted by Crippen LogP contribution is 2.20. The minimum Gasteiger partial charge on any atom is -0.366 e. The Morgan fingerprint density at radius 3 is 3.12 bits per heavy atom. The maximum absolute atomic E-state index is 12.4. The van der Waals surface area contributed by atoms with Crippen LogP contribution in [-0.4, -0.2) is 50.7 Å². The van der Waals surface area contributed by atoms with Gasteiger partial charge in [0, 0.05) is 31.3 Å². The third kappa shape index (κ3) is 4.17. The van der Waals surface area contributed by atoms with Gasteiger partial charge in [-0.15, -0.1) is 0 Å². The molecule has 128 valence electrons. The average molecular weight is 329 g/mol. The minimum absolute atomic E-state index is 0.123. The summed E-state index contributed by atoms with van der Waals surface area (Å²) >= 11 is 0. The van der Waals surface area contributed by atoms with Crippen molar-refractivity contribution < 1.29 is 9.53 Å². The molecule has 0 saturated carbocycles. The molecule has 0 aromatic carbocycles. The van der Waals surface area contributed by atoms with Crippen LogP contribution >= 0.6 is 0 Å². The van der Waals surface area contributed by atoms with Crippen LogP contribution in [0, 0.1) is 0 Å². The molecule has 1 amide bonds. The lowest BCUT2D eigenvalue weighted by molar-refractivity contribution is -0.139. The Balaban J connectivity index is 1.55. The second-order valence-electron chi connectivity index (χ2n) is 5.91. The predicted molar refractivity (Wildman–Crippen MR) is 88.2 cm³/mol. The Kier molecular flexibility index (Phi) is 5.53. The lowest BCUT2D eigenvalue weighted by atomic mass is 10.2. The molecule has 0 spiro atoms. The number of carbonyl (C=O) groups is 1. The molecule has 3 heterocycles. The summed E-state index contributed by atoms with van der Waals surface area (Å²) in [6.45, 7) is 3.73. The molecule has 7 heteroatoms. The van der Waals surface area contributed by atoms with Gasteiger partial charge in [0.05, 0.1) is 13.2 Å². The van der Waals surface area contributed by atoms with E-state index < -0.39 is 0 Å². The van der Waals surface area contributed by atoms with Crippen LogP contribution in [0.5, 0.6) is 0 Å². The van der Waals surface area contributed by atoms with E-state index in [-0.39, 0.29) is 12.0 Å². The minimum atomic E-state index is -0.251. The fraction of sp³-hybridized carbons (Fsp3) is 0.529. The van der Waals surface area contributed by atoms with Crippen molar-refractivity contribution in [2.24, 2.45) is 0 Å². The van der Waals surface area contributed by atoms with E-state index in [4.69, 9.17) is 4.74 Å². The Morgan fingerprint density at radius 2 is 2.33 bits per heavy atom. The zero-order chi connectivity index (χ0) is 16.8. The third-order valence-electron chi connectivity index (χ3n) is 4.06. The van der Waals surface area contributed by atoms with Crippen molar-refractivity contribution in [3.05, 3.63) is 41.7 Å². The van der Waals surface area contributed by atoms with Crippen molar-refractivity contribution in [3.63, 3.8) is 0 Å². The first-order chi connectivity index (χ1) is 11.8. The van der Waals surface area contributed by atoms with Crippen LogP contribution in [-0.2, 0) is 22.4 Å². The first-order valence-corrected chi connectivity index (χ1v) is 8.46. The molecule has 0 radical (unpaired) electrons. The number of aromatic amines is 1. The Labute approximate surface area is 141 Å². The summed E-state index contributed by atoms with van der Waals surface area (Å²) in [7, 11) is 0. The van der Waals surface area contributed by atoms with Gasteiger partial charge in [0.15, 0.2) is 5.82 Å². The van der Waals surface area contributed by atoms with Crippen LogP contribution in [0.3, 0.4) is 0 Å². The molecule has 1 fully saturated rings. The molecule has 7 nitrogen and oxygen atoms in total. The van der Waals surface area contributed by atoms with Crippen molar-refractivity contribution in [1.82, 2.24) is 25.1 Å². The van der Waals surface area contributed by atoms with E-state index in [0.29, 0.717) is 38.4 Å². The van der Waals surface area contributed by atoms with E-state index >= 15 is 0 Å². The van der Waals surface area contributed by atoms with Gasteiger partial charge in [0.2, 0.25) is 5.91 Å². The number of morpholine rings is 1. The van der Waals surface area contributed by atoms with E-state index in [0.717, 1.165) is 24.4 Å². The van der Waals surface area contributed by atoms with Crippen LogP contribution in [0.15, 0.2) is 24.4 Å². The predicted octanol–water partition coefficient (Wildman–Crippen LogP) is 1.68. The largest absolute Gasteiger partial charge is 0.366 e. The Bertz CT molecular complexity index is 658. The summed E-state index contributed by atoms with van der Waals surface area (Å²) in [4.78, 5) is 23.0. The smallest absolute Gasteiger partial charge is 0.223 e. The Morgan fingerprint density at radius 1 is 1.42 bits per heavy atom. The molecule has 0 bridgehead atoms. The number of aromatic nitrogens is 4. The van der Waals surface area contributed by atoms with Gasteiger partial charge in [0.25, 0.3) is 0 Å². The molecule has 3 rings (SSSR count). The molecule has 2 aromatic rings. The maximum Gasteiger partial charge on any atom is 0.223 e. The third-order valence-corrected chi connectivity index (χ3v) is 4.06. The highest BCUT2D eigenvalue weighted by atomic mass is 16.5. The second-order valence-corrected chi connectivity index (χ2v) is 5.91. The number of rotatable bonds is 6. The van der Waals surface area contributed by atoms with E-state index in [9.17, 15) is 4.79 Å². The number of nitrogens with one attached hydrogen (secondary N) is 1. The van der Waals surface area contributed by atoms with Crippen LogP contribution < -0.4 is 0 Å². The number of H-pyrrole nitrogens is 1. The number of hydrogen-bond acceptors (Lipinski definition) is 5. The maximum atomic E-state index is 12.4. The molecule has 24 heavy (non-hydrogen) atoms. The number of carbonyl (C=O) groups excluding carboxylic acids is 1. The number of ether oxygens (including phenoxy) is 1. The van der Waals surface area contributed by atoms with E-state index in [1.54, 1.807) is 6.20 Å². The van der Waals surface area contributed by atoms with E-state index in [2.05, 4.69) is 27.1 Å². The molecule has 2 aromatic heterocycles. The number of hydrogen-bond donors (Lipinski definition) is 1. The van der Waals surface area contributed by atoms with Gasteiger partial charge in [-0.2, -0.15) is 5.10 Å². The van der Waals surface area contributed by atoms with Crippen LogP contribution in [0.2, 0.25) is 0 Å². The standard InChI is InChI=1S/C17H23N5O2/c1-2-5-15-19-17(21-20-15)14-12-22(10-11-24-14)16(23)8-7-13-6-3-4-9-18-13/h3-4,6,9,14H,2,5,7-8,10-12H2,1H3,(H,19,20,21)/t14-/m0/s1. The number of aryl methyl sites for hydroxylation is 2. The van der Waals surface area contributed by atoms with E-state index in [1.807, 2.05) is 23.1 Å². The van der Waals surface area contributed by atoms with Crippen LogP contribution in [0.4, 0.5) is 0 Å². The summed E-state index contributed by atoms with van der Waals surface area (Å²) in [6.07, 6.45) is 4.49. The van der Waals surface area contributed by atoms with Crippen molar-refractivity contribution in [1.29, 1.82) is 0 Å². The zero-order valence-corrected chi connectivity index (χ0v) is 13.9. The highest BCUT2D eigenvalue weighted by molar-refractivity contribution is 5.76. The van der Waals surface area contributed by atoms with Crippen molar-refractivity contribution in [2.45, 2.75) is 38.7 Å². The Hall–Kier alpha value is -2.28. The lowest BCUT2D eigenvalue weighted by Gasteiger charge is -2.31.